The van der Waals surface area contributed by atoms with E-state index in [2.05, 4.69) is 18.9 Å². The Balaban J connectivity index is 2.02. The Labute approximate surface area is 114 Å². The minimum absolute atomic E-state index is 0.327. The number of halogens is 1. The molecule has 1 atom stereocenters. The summed E-state index contributed by atoms with van der Waals surface area (Å²) in [4.78, 5) is 0. The van der Waals surface area contributed by atoms with Crippen LogP contribution in [0.4, 0.5) is 0 Å². The fraction of sp³-hybridized carbons (Fsp3) is 0.786. The van der Waals surface area contributed by atoms with Crippen LogP contribution in [0.25, 0.3) is 0 Å². The first kappa shape index (κ1) is 13.9. The van der Waals surface area contributed by atoms with Gasteiger partial charge in [-0.3, -0.25) is 4.68 Å². The molecule has 0 spiro atoms. The van der Waals surface area contributed by atoms with Crippen LogP contribution in [0.2, 0.25) is 5.02 Å². The van der Waals surface area contributed by atoms with Crippen LogP contribution in [0.3, 0.4) is 0 Å². The molecular formula is C14H23ClN2O. The van der Waals surface area contributed by atoms with Crippen LogP contribution in [0.15, 0.2) is 6.20 Å². The maximum Gasteiger partial charge on any atom is 0.0999 e. The van der Waals surface area contributed by atoms with Crippen LogP contribution in [0, 0.1) is 17.8 Å². The van der Waals surface area contributed by atoms with Gasteiger partial charge in [0.25, 0.3) is 0 Å². The van der Waals surface area contributed by atoms with Crippen LogP contribution in [-0.4, -0.2) is 14.9 Å². The monoisotopic (exact) mass is 270 g/mol. The molecule has 3 nitrogen and oxygen atoms in total. The van der Waals surface area contributed by atoms with E-state index >= 15 is 0 Å². The molecule has 1 aliphatic rings. The van der Waals surface area contributed by atoms with Crippen LogP contribution in [0.1, 0.15) is 51.3 Å². The molecule has 1 saturated carbocycles. The van der Waals surface area contributed by atoms with Crippen molar-refractivity contribution in [2.24, 2.45) is 24.8 Å². The van der Waals surface area contributed by atoms with E-state index in [4.69, 9.17) is 11.6 Å². The van der Waals surface area contributed by atoms with Crippen molar-refractivity contribution >= 4 is 11.6 Å². The molecule has 1 unspecified atom stereocenters. The smallest absolute Gasteiger partial charge is 0.0999 e. The second-order valence-corrected chi connectivity index (χ2v) is 6.27. The van der Waals surface area contributed by atoms with Crippen molar-refractivity contribution in [1.29, 1.82) is 0 Å². The molecule has 0 aliphatic heterocycles. The fourth-order valence-corrected chi connectivity index (χ4v) is 3.38. The highest BCUT2D eigenvalue weighted by atomic mass is 35.5. The first-order valence-electron chi connectivity index (χ1n) is 6.86. The molecule has 0 bridgehead atoms. The van der Waals surface area contributed by atoms with Gasteiger partial charge in [0.05, 0.1) is 23.0 Å². The summed E-state index contributed by atoms with van der Waals surface area (Å²) in [6.45, 7) is 4.58. The van der Waals surface area contributed by atoms with Crippen molar-refractivity contribution in [3.05, 3.63) is 16.9 Å². The van der Waals surface area contributed by atoms with E-state index in [1.807, 2.05) is 7.05 Å². The van der Waals surface area contributed by atoms with Crippen molar-refractivity contribution in [2.45, 2.75) is 45.6 Å². The lowest BCUT2D eigenvalue weighted by molar-refractivity contribution is 0.0609. The van der Waals surface area contributed by atoms with E-state index in [-0.39, 0.29) is 0 Å². The zero-order chi connectivity index (χ0) is 13.3. The van der Waals surface area contributed by atoms with Gasteiger partial charge in [-0.25, -0.2) is 0 Å². The molecule has 1 heterocycles. The molecule has 2 rings (SSSR count). The fourth-order valence-electron chi connectivity index (χ4n) is 3.10. The number of aryl methyl sites for hydroxylation is 1. The number of aliphatic hydroxyl groups is 1. The van der Waals surface area contributed by atoms with Gasteiger partial charge < -0.3 is 5.11 Å². The number of rotatable bonds is 3. The van der Waals surface area contributed by atoms with Gasteiger partial charge in [-0.2, -0.15) is 5.10 Å². The summed E-state index contributed by atoms with van der Waals surface area (Å²) >= 11 is 6.09. The molecule has 0 aromatic carbocycles. The summed E-state index contributed by atoms with van der Waals surface area (Å²) in [6.07, 6.45) is 5.75. The molecular weight excluding hydrogens is 248 g/mol. The zero-order valence-electron chi connectivity index (χ0n) is 11.4. The minimum atomic E-state index is -0.474. The average molecular weight is 271 g/mol. The van der Waals surface area contributed by atoms with E-state index in [0.717, 1.165) is 30.4 Å². The van der Waals surface area contributed by atoms with Crippen LogP contribution in [0.5, 0.6) is 0 Å². The van der Waals surface area contributed by atoms with Gasteiger partial charge in [-0.1, -0.05) is 25.4 Å². The van der Waals surface area contributed by atoms with Gasteiger partial charge in [0.15, 0.2) is 0 Å². The van der Waals surface area contributed by atoms with Crippen LogP contribution in [-0.2, 0) is 7.05 Å². The van der Waals surface area contributed by atoms with E-state index in [1.165, 1.54) is 12.8 Å². The predicted molar refractivity (Wildman–Crippen MR) is 73.5 cm³/mol. The van der Waals surface area contributed by atoms with Gasteiger partial charge >= 0.3 is 0 Å². The Morgan fingerprint density at radius 2 is 1.83 bits per heavy atom. The summed E-state index contributed by atoms with van der Waals surface area (Å²) < 4.78 is 1.70. The van der Waals surface area contributed by atoms with Crippen molar-refractivity contribution in [1.82, 2.24) is 9.78 Å². The van der Waals surface area contributed by atoms with E-state index < -0.39 is 6.10 Å². The third kappa shape index (κ3) is 2.72. The normalized spacial score (nSPS) is 26.6. The Bertz CT molecular complexity index is 375. The molecule has 1 aliphatic carbocycles. The SMILES string of the molecule is CC(C)C1CCC(C(O)c2c(Cl)cnn2C)CC1. The highest BCUT2D eigenvalue weighted by Crippen LogP contribution is 2.40. The van der Waals surface area contributed by atoms with E-state index in [0.29, 0.717) is 10.9 Å². The van der Waals surface area contributed by atoms with Crippen molar-refractivity contribution in [3.63, 3.8) is 0 Å². The molecule has 4 heteroatoms. The number of hydrogen-bond donors (Lipinski definition) is 1. The zero-order valence-corrected chi connectivity index (χ0v) is 12.2. The molecule has 1 aromatic heterocycles. The number of aromatic nitrogens is 2. The highest BCUT2D eigenvalue weighted by Gasteiger charge is 2.31. The number of hydrogen-bond acceptors (Lipinski definition) is 2. The van der Waals surface area contributed by atoms with Gasteiger partial charge in [-0.05, 0) is 43.4 Å². The standard InChI is InChI=1S/C14H23ClN2O/c1-9(2)10-4-6-11(7-5-10)14(18)13-12(15)8-16-17(13)3/h8-11,14,18H,4-7H2,1-3H3. The molecule has 102 valence electrons. The first-order valence-corrected chi connectivity index (χ1v) is 7.24. The third-order valence-corrected chi connectivity index (χ3v) is 4.71. The van der Waals surface area contributed by atoms with Gasteiger partial charge in [-0.15, -0.1) is 0 Å². The molecule has 1 N–H and O–H groups in total. The van der Waals surface area contributed by atoms with Crippen LogP contribution < -0.4 is 0 Å². The lowest BCUT2D eigenvalue weighted by Gasteiger charge is -2.33. The van der Waals surface area contributed by atoms with Crippen LogP contribution >= 0.6 is 11.6 Å². The topological polar surface area (TPSA) is 38.1 Å². The van der Waals surface area contributed by atoms with E-state index in [1.54, 1.807) is 10.9 Å². The molecule has 0 radical (unpaired) electrons. The maximum absolute atomic E-state index is 10.5. The lowest BCUT2D eigenvalue weighted by atomic mass is 9.75. The molecule has 1 fully saturated rings. The summed E-state index contributed by atoms with van der Waals surface area (Å²) in [5.74, 6) is 1.90. The Morgan fingerprint density at radius 3 is 2.28 bits per heavy atom. The molecule has 0 amide bonds. The average Bonchev–Trinajstić information content (AvgIpc) is 2.68. The molecule has 1 aromatic rings. The Hall–Kier alpha value is -0.540. The van der Waals surface area contributed by atoms with Crippen molar-refractivity contribution < 1.29 is 5.11 Å². The number of aliphatic hydroxyl groups excluding tert-OH is 1. The largest absolute Gasteiger partial charge is 0.386 e. The Kier molecular flexibility index (Phi) is 4.33. The maximum atomic E-state index is 10.5. The van der Waals surface area contributed by atoms with Crippen molar-refractivity contribution in [2.75, 3.05) is 0 Å². The third-order valence-electron chi connectivity index (χ3n) is 4.42. The Morgan fingerprint density at radius 1 is 1.28 bits per heavy atom. The quantitative estimate of drug-likeness (QED) is 0.912. The molecule has 0 saturated heterocycles. The van der Waals surface area contributed by atoms with Gasteiger partial charge in [0, 0.05) is 7.05 Å². The lowest BCUT2D eigenvalue weighted by Crippen LogP contribution is -2.24. The summed E-state index contributed by atoms with van der Waals surface area (Å²) in [7, 11) is 1.84. The second kappa shape index (κ2) is 5.62. The summed E-state index contributed by atoms with van der Waals surface area (Å²) in [5.41, 5.74) is 0.768. The van der Waals surface area contributed by atoms with E-state index in [9.17, 15) is 5.11 Å². The van der Waals surface area contributed by atoms with Gasteiger partial charge in [0.1, 0.15) is 0 Å². The predicted octanol–water partition coefficient (Wildman–Crippen LogP) is 3.57. The minimum Gasteiger partial charge on any atom is -0.386 e. The summed E-state index contributed by atoms with van der Waals surface area (Å²) in [6, 6.07) is 0. The summed E-state index contributed by atoms with van der Waals surface area (Å²) in [5, 5.41) is 15.2. The molecule has 18 heavy (non-hydrogen) atoms. The highest BCUT2D eigenvalue weighted by molar-refractivity contribution is 6.31. The first-order chi connectivity index (χ1) is 8.50. The number of nitrogens with zero attached hydrogens (tertiary/aromatic N) is 2. The second-order valence-electron chi connectivity index (χ2n) is 5.87. The van der Waals surface area contributed by atoms with Gasteiger partial charge in [0.2, 0.25) is 0 Å². The van der Waals surface area contributed by atoms with Crippen molar-refractivity contribution in [3.8, 4) is 0 Å².